The van der Waals surface area contributed by atoms with Crippen LogP contribution in [-0.2, 0) is 6.54 Å². The summed E-state index contributed by atoms with van der Waals surface area (Å²) in [6, 6.07) is 8.19. The van der Waals surface area contributed by atoms with Crippen LogP contribution in [0.25, 0.3) is 11.5 Å². The molecule has 106 valence electrons. The van der Waals surface area contributed by atoms with Crippen molar-refractivity contribution in [2.75, 3.05) is 13.1 Å². The van der Waals surface area contributed by atoms with Gasteiger partial charge in [-0.2, -0.15) is 0 Å². The molecule has 1 fully saturated rings. The highest BCUT2D eigenvalue weighted by Crippen LogP contribution is 2.18. The van der Waals surface area contributed by atoms with Gasteiger partial charge in [-0.1, -0.05) is 24.6 Å². The Kier molecular flexibility index (Phi) is 3.83. The number of aryl methyl sites for hydroxylation is 1. The van der Waals surface area contributed by atoms with E-state index < -0.39 is 0 Å². The molecule has 0 spiro atoms. The second-order valence-corrected chi connectivity index (χ2v) is 5.98. The van der Waals surface area contributed by atoms with Gasteiger partial charge in [0.05, 0.1) is 13.1 Å². The van der Waals surface area contributed by atoms with E-state index in [2.05, 4.69) is 36.2 Å². The van der Waals surface area contributed by atoms with E-state index >= 15 is 0 Å². The van der Waals surface area contributed by atoms with Gasteiger partial charge in [0.15, 0.2) is 6.54 Å². The van der Waals surface area contributed by atoms with E-state index in [9.17, 15) is 0 Å². The van der Waals surface area contributed by atoms with Gasteiger partial charge in [-0.25, -0.2) is 0 Å². The van der Waals surface area contributed by atoms with Crippen LogP contribution < -0.4 is 4.90 Å². The molecule has 2 aromatic rings. The van der Waals surface area contributed by atoms with Crippen LogP contribution in [0.2, 0.25) is 0 Å². The van der Waals surface area contributed by atoms with Crippen LogP contribution in [0.15, 0.2) is 28.7 Å². The standard InChI is InChI=1S/C16H21N3O/c1-12-3-5-14(6-4-12)16-18-17-15(20-16)11-19-9-7-13(2)8-10-19/h3-6,13H,7-11H2,1-2H3/p+1. The Morgan fingerprint density at radius 1 is 1.15 bits per heavy atom. The molecule has 2 heterocycles. The average Bonchev–Trinajstić information content (AvgIpc) is 2.91. The van der Waals surface area contributed by atoms with Crippen LogP contribution in [0.5, 0.6) is 0 Å². The smallest absolute Gasteiger partial charge is 0.271 e. The van der Waals surface area contributed by atoms with Crippen molar-refractivity contribution in [3.05, 3.63) is 35.7 Å². The van der Waals surface area contributed by atoms with Crippen LogP contribution in [0.1, 0.15) is 31.2 Å². The predicted molar refractivity (Wildman–Crippen MR) is 77.3 cm³/mol. The third-order valence-electron chi connectivity index (χ3n) is 4.15. The summed E-state index contributed by atoms with van der Waals surface area (Å²) in [5.74, 6) is 2.25. The topological polar surface area (TPSA) is 43.4 Å². The first-order valence-electron chi connectivity index (χ1n) is 7.43. The van der Waals surface area contributed by atoms with Crippen LogP contribution >= 0.6 is 0 Å². The van der Waals surface area contributed by atoms with Gasteiger partial charge in [0, 0.05) is 5.56 Å². The van der Waals surface area contributed by atoms with Gasteiger partial charge in [0.2, 0.25) is 5.89 Å². The molecule has 20 heavy (non-hydrogen) atoms. The van der Waals surface area contributed by atoms with E-state index in [1.165, 1.54) is 31.5 Å². The average molecular weight is 272 g/mol. The number of nitrogens with zero attached hydrogens (tertiary/aromatic N) is 2. The summed E-state index contributed by atoms with van der Waals surface area (Å²) >= 11 is 0. The fourth-order valence-electron chi connectivity index (χ4n) is 2.70. The van der Waals surface area contributed by atoms with Gasteiger partial charge in [0.1, 0.15) is 0 Å². The maximum absolute atomic E-state index is 5.80. The van der Waals surface area contributed by atoms with Crippen LogP contribution in [-0.4, -0.2) is 23.3 Å². The number of nitrogens with one attached hydrogen (secondary N) is 1. The molecule has 0 amide bonds. The SMILES string of the molecule is Cc1ccc(-c2nnc(C[NH+]3CCC(C)CC3)o2)cc1. The summed E-state index contributed by atoms with van der Waals surface area (Å²) in [5.41, 5.74) is 2.23. The van der Waals surface area contributed by atoms with E-state index in [-0.39, 0.29) is 0 Å². The number of quaternary nitrogens is 1. The fraction of sp³-hybridized carbons (Fsp3) is 0.500. The van der Waals surface area contributed by atoms with Gasteiger partial charge in [0.25, 0.3) is 5.89 Å². The number of hydrogen-bond donors (Lipinski definition) is 1. The molecule has 1 N–H and O–H groups in total. The van der Waals surface area contributed by atoms with Crippen molar-refractivity contribution in [3.63, 3.8) is 0 Å². The summed E-state index contributed by atoms with van der Waals surface area (Å²) in [5, 5.41) is 8.36. The number of benzene rings is 1. The maximum Gasteiger partial charge on any atom is 0.271 e. The molecule has 4 heteroatoms. The highest BCUT2D eigenvalue weighted by atomic mass is 16.4. The minimum absolute atomic E-state index is 0.629. The van der Waals surface area contributed by atoms with Crippen LogP contribution in [0.4, 0.5) is 0 Å². The van der Waals surface area contributed by atoms with Gasteiger partial charge in [-0.3, -0.25) is 0 Å². The van der Waals surface area contributed by atoms with Gasteiger partial charge >= 0.3 is 0 Å². The molecule has 0 bridgehead atoms. The zero-order valence-electron chi connectivity index (χ0n) is 12.2. The summed E-state index contributed by atoms with van der Waals surface area (Å²) in [7, 11) is 0. The van der Waals surface area contributed by atoms with Crippen molar-refractivity contribution in [1.82, 2.24) is 10.2 Å². The molecule has 1 aliphatic rings. The van der Waals surface area contributed by atoms with Crippen LogP contribution in [0.3, 0.4) is 0 Å². The number of rotatable bonds is 3. The van der Waals surface area contributed by atoms with E-state index in [1.54, 1.807) is 4.90 Å². The first kappa shape index (κ1) is 13.3. The molecule has 3 rings (SSSR count). The molecule has 4 nitrogen and oxygen atoms in total. The molecule has 0 radical (unpaired) electrons. The molecular formula is C16H22N3O+. The van der Waals surface area contributed by atoms with Crippen molar-refractivity contribution < 1.29 is 9.32 Å². The van der Waals surface area contributed by atoms with E-state index in [0.717, 1.165) is 23.9 Å². The van der Waals surface area contributed by atoms with Crippen molar-refractivity contribution in [3.8, 4) is 11.5 Å². The minimum Gasteiger partial charge on any atom is -0.415 e. The number of likely N-dealkylation sites (tertiary alicyclic amines) is 1. The van der Waals surface area contributed by atoms with Crippen molar-refractivity contribution >= 4 is 0 Å². The molecule has 1 aliphatic heterocycles. The highest BCUT2D eigenvalue weighted by Gasteiger charge is 2.21. The normalized spacial score (nSPS) is 22.9. The quantitative estimate of drug-likeness (QED) is 0.927. The lowest BCUT2D eigenvalue weighted by Gasteiger charge is -2.25. The minimum atomic E-state index is 0.629. The lowest BCUT2D eigenvalue weighted by Crippen LogP contribution is -3.11. The number of aromatic nitrogens is 2. The Labute approximate surface area is 119 Å². The number of hydrogen-bond acceptors (Lipinski definition) is 3. The Morgan fingerprint density at radius 3 is 2.55 bits per heavy atom. The summed E-state index contributed by atoms with van der Waals surface area (Å²) in [4.78, 5) is 1.56. The molecule has 1 aromatic carbocycles. The van der Waals surface area contributed by atoms with E-state index in [1.807, 2.05) is 12.1 Å². The second kappa shape index (κ2) is 5.75. The first-order chi connectivity index (χ1) is 9.70. The van der Waals surface area contributed by atoms with Gasteiger partial charge in [-0.05, 0) is 37.8 Å². The van der Waals surface area contributed by atoms with Crippen molar-refractivity contribution in [2.24, 2.45) is 5.92 Å². The lowest BCUT2D eigenvalue weighted by atomic mass is 9.99. The molecule has 0 unspecified atom stereocenters. The molecule has 1 aromatic heterocycles. The summed E-state index contributed by atoms with van der Waals surface area (Å²) in [6.45, 7) is 7.68. The largest absolute Gasteiger partial charge is 0.415 e. The Hall–Kier alpha value is -1.68. The van der Waals surface area contributed by atoms with E-state index in [4.69, 9.17) is 4.42 Å². The van der Waals surface area contributed by atoms with Gasteiger partial charge < -0.3 is 9.32 Å². The maximum atomic E-state index is 5.80. The second-order valence-electron chi connectivity index (χ2n) is 5.98. The molecule has 1 saturated heterocycles. The molecule has 0 aliphatic carbocycles. The fourth-order valence-corrected chi connectivity index (χ4v) is 2.70. The Morgan fingerprint density at radius 2 is 1.85 bits per heavy atom. The predicted octanol–water partition coefficient (Wildman–Crippen LogP) is 1.86. The Bertz CT molecular complexity index is 553. The van der Waals surface area contributed by atoms with E-state index in [0.29, 0.717) is 5.89 Å². The zero-order valence-corrected chi connectivity index (χ0v) is 12.2. The third-order valence-corrected chi connectivity index (χ3v) is 4.15. The monoisotopic (exact) mass is 272 g/mol. The summed E-state index contributed by atoms with van der Waals surface area (Å²) < 4.78 is 5.80. The first-order valence-corrected chi connectivity index (χ1v) is 7.43. The van der Waals surface area contributed by atoms with Gasteiger partial charge in [-0.15, -0.1) is 10.2 Å². The zero-order chi connectivity index (χ0) is 13.9. The number of piperidine rings is 1. The lowest BCUT2D eigenvalue weighted by molar-refractivity contribution is -0.921. The highest BCUT2D eigenvalue weighted by molar-refractivity contribution is 5.52. The van der Waals surface area contributed by atoms with Crippen molar-refractivity contribution in [1.29, 1.82) is 0 Å². The molecular weight excluding hydrogens is 250 g/mol. The Balaban J connectivity index is 1.66. The van der Waals surface area contributed by atoms with Crippen LogP contribution in [0, 0.1) is 12.8 Å². The summed E-state index contributed by atoms with van der Waals surface area (Å²) in [6.07, 6.45) is 2.60. The molecule has 0 saturated carbocycles. The molecule has 0 atom stereocenters. The third kappa shape index (κ3) is 3.07. The van der Waals surface area contributed by atoms with Crippen molar-refractivity contribution in [2.45, 2.75) is 33.2 Å².